The second-order valence-corrected chi connectivity index (χ2v) is 9.65. The molecule has 0 aliphatic carbocycles. The quantitative estimate of drug-likeness (QED) is 0.479. The van der Waals surface area contributed by atoms with Gasteiger partial charge >= 0.3 is 0 Å². The Hall–Kier alpha value is -3.43. The number of hydrogen-bond acceptors (Lipinski definition) is 6. The van der Waals surface area contributed by atoms with Crippen LogP contribution in [0.15, 0.2) is 42.5 Å². The predicted molar refractivity (Wildman–Crippen MR) is 142 cm³/mol. The van der Waals surface area contributed by atoms with Crippen molar-refractivity contribution in [1.82, 2.24) is 10.2 Å². The fourth-order valence-electron chi connectivity index (χ4n) is 4.63. The molecule has 0 radical (unpaired) electrons. The Balaban J connectivity index is 1.20. The van der Waals surface area contributed by atoms with Crippen molar-refractivity contribution in [1.29, 1.82) is 0 Å². The van der Waals surface area contributed by atoms with Crippen molar-refractivity contribution in [2.75, 3.05) is 62.8 Å². The molecule has 2 aliphatic rings. The van der Waals surface area contributed by atoms with Crippen LogP contribution in [0.3, 0.4) is 0 Å². The number of aryl methyl sites for hydroxylation is 2. The topological polar surface area (TPSA) is 100 Å². The van der Waals surface area contributed by atoms with E-state index in [1.165, 1.54) is 0 Å². The maximum atomic E-state index is 12.6. The molecule has 37 heavy (non-hydrogen) atoms. The lowest BCUT2D eigenvalue weighted by atomic mass is 10.1. The summed E-state index contributed by atoms with van der Waals surface area (Å²) in [6.45, 7) is 9.12. The monoisotopic (exact) mass is 508 g/mol. The van der Waals surface area contributed by atoms with E-state index in [0.717, 1.165) is 56.1 Å². The molecule has 2 fully saturated rings. The standard InChI is InChI=1S/C28H36N4O5/c1-20-4-9-25(21(2)16-20)30-26(33)19-37-24-7-5-23(6-8-24)32-18-22(17-27(32)34)28(35)29-10-3-11-31-12-14-36-15-13-31/h4-9,16,22H,3,10-15,17-19H2,1-2H3,(H,29,35)(H,30,33)/t22-/m0/s1. The summed E-state index contributed by atoms with van der Waals surface area (Å²) in [6, 6.07) is 12.8. The summed E-state index contributed by atoms with van der Waals surface area (Å²) in [5, 5.41) is 5.84. The first-order chi connectivity index (χ1) is 17.9. The van der Waals surface area contributed by atoms with E-state index < -0.39 is 0 Å². The number of morpholine rings is 1. The van der Waals surface area contributed by atoms with Crippen molar-refractivity contribution in [3.63, 3.8) is 0 Å². The summed E-state index contributed by atoms with van der Waals surface area (Å²) in [7, 11) is 0. The molecule has 0 aromatic heterocycles. The van der Waals surface area contributed by atoms with E-state index in [1.807, 2.05) is 32.0 Å². The zero-order chi connectivity index (χ0) is 26.2. The minimum Gasteiger partial charge on any atom is -0.484 e. The number of hydrogen-bond donors (Lipinski definition) is 2. The molecular formula is C28H36N4O5. The molecule has 9 nitrogen and oxygen atoms in total. The summed E-state index contributed by atoms with van der Waals surface area (Å²) >= 11 is 0. The minimum atomic E-state index is -0.360. The summed E-state index contributed by atoms with van der Waals surface area (Å²) in [5.41, 5.74) is 3.60. The van der Waals surface area contributed by atoms with Crippen LogP contribution in [-0.4, -0.2) is 75.2 Å². The first-order valence-corrected chi connectivity index (χ1v) is 12.9. The molecule has 2 saturated heterocycles. The molecule has 9 heteroatoms. The summed E-state index contributed by atoms with van der Waals surface area (Å²) in [5.74, 6) is -0.228. The third-order valence-electron chi connectivity index (χ3n) is 6.72. The van der Waals surface area contributed by atoms with Crippen LogP contribution in [-0.2, 0) is 19.1 Å². The smallest absolute Gasteiger partial charge is 0.262 e. The van der Waals surface area contributed by atoms with Crippen LogP contribution in [0.25, 0.3) is 0 Å². The number of amides is 3. The van der Waals surface area contributed by atoms with E-state index in [2.05, 4.69) is 15.5 Å². The van der Waals surface area contributed by atoms with Gasteiger partial charge in [-0.15, -0.1) is 0 Å². The summed E-state index contributed by atoms with van der Waals surface area (Å²) in [4.78, 5) is 41.5. The van der Waals surface area contributed by atoms with Gasteiger partial charge in [-0.25, -0.2) is 0 Å². The van der Waals surface area contributed by atoms with Crippen LogP contribution in [0, 0.1) is 19.8 Å². The van der Waals surface area contributed by atoms with Crippen molar-refractivity contribution in [3.8, 4) is 5.75 Å². The van der Waals surface area contributed by atoms with E-state index in [0.29, 0.717) is 24.5 Å². The van der Waals surface area contributed by atoms with Gasteiger partial charge in [0.15, 0.2) is 6.61 Å². The van der Waals surface area contributed by atoms with E-state index in [4.69, 9.17) is 9.47 Å². The van der Waals surface area contributed by atoms with Crippen LogP contribution in [0.1, 0.15) is 24.0 Å². The molecule has 4 rings (SSSR count). The summed E-state index contributed by atoms with van der Waals surface area (Å²) < 4.78 is 11.0. The lowest BCUT2D eigenvalue weighted by Crippen LogP contribution is -2.39. The maximum Gasteiger partial charge on any atom is 0.262 e. The van der Waals surface area contributed by atoms with E-state index in [9.17, 15) is 14.4 Å². The normalized spacial score (nSPS) is 18.1. The highest BCUT2D eigenvalue weighted by Crippen LogP contribution is 2.27. The van der Waals surface area contributed by atoms with Gasteiger partial charge in [0.25, 0.3) is 5.91 Å². The number of nitrogens with one attached hydrogen (secondary N) is 2. The van der Waals surface area contributed by atoms with E-state index in [-0.39, 0.29) is 36.7 Å². The highest BCUT2D eigenvalue weighted by atomic mass is 16.5. The molecule has 0 bridgehead atoms. The Labute approximate surface area is 218 Å². The predicted octanol–water partition coefficient (Wildman–Crippen LogP) is 2.51. The average molecular weight is 509 g/mol. The second-order valence-electron chi connectivity index (χ2n) is 9.65. The molecule has 198 valence electrons. The Kier molecular flexibility index (Phi) is 9.14. The maximum absolute atomic E-state index is 12.6. The first-order valence-electron chi connectivity index (χ1n) is 12.9. The molecule has 1 atom stereocenters. The van der Waals surface area contributed by atoms with Gasteiger partial charge in [0.1, 0.15) is 5.75 Å². The third-order valence-corrected chi connectivity index (χ3v) is 6.72. The van der Waals surface area contributed by atoms with Crippen molar-refractivity contribution in [2.24, 2.45) is 5.92 Å². The lowest BCUT2D eigenvalue weighted by Gasteiger charge is -2.26. The van der Waals surface area contributed by atoms with Crippen molar-refractivity contribution in [3.05, 3.63) is 53.6 Å². The lowest BCUT2D eigenvalue weighted by molar-refractivity contribution is -0.126. The molecular weight excluding hydrogens is 472 g/mol. The van der Waals surface area contributed by atoms with Gasteiger partial charge in [0.2, 0.25) is 11.8 Å². The second kappa shape index (κ2) is 12.7. The minimum absolute atomic E-state index is 0.0741. The Morgan fingerprint density at radius 2 is 1.84 bits per heavy atom. The van der Waals surface area contributed by atoms with Crippen LogP contribution in [0.5, 0.6) is 5.75 Å². The average Bonchev–Trinajstić information content (AvgIpc) is 3.29. The zero-order valence-electron chi connectivity index (χ0n) is 21.6. The van der Waals surface area contributed by atoms with Gasteiger partial charge < -0.3 is 25.0 Å². The molecule has 2 aromatic rings. The van der Waals surface area contributed by atoms with Gasteiger partial charge in [0, 0.05) is 44.0 Å². The molecule has 2 aromatic carbocycles. The number of benzene rings is 2. The molecule has 3 amide bonds. The number of carbonyl (C=O) groups excluding carboxylic acids is 3. The van der Waals surface area contributed by atoms with Crippen LogP contribution >= 0.6 is 0 Å². The largest absolute Gasteiger partial charge is 0.484 e. The molecule has 2 aliphatic heterocycles. The van der Waals surface area contributed by atoms with Gasteiger partial charge in [-0.3, -0.25) is 19.3 Å². The van der Waals surface area contributed by atoms with Gasteiger partial charge in [0.05, 0.1) is 19.1 Å². The van der Waals surface area contributed by atoms with Crippen LogP contribution in [0.4, 0.5) is 11.4 Å². The Morgan fingerprint density at radius 1 is 1.08 bits per heavy atom. The van der Waals surface area contributed by atoms with Crippen molar-refractivity contribution >= 4 is 29.1 Å². The number of anilines is 2. The fraction of sp³-hybridized carbons (Fsp3) is 0.464. The van der Waals surface area contributed by atoms with Crippen molar-refractivity contribution in [2.45, 2.75) is 26.7 Å². The number of ether oxygens (including phenoxy) is 2. The highest BCUT2D eigenvalue weighted by molar-refractivity contribution is 6.00. The first kappa shape index (κ1) is 26.6. The Morgan fingerprint density at radius 3 is 2.57 bits per heavy atom. The van der Waals surface area contributed by atoms with E-state index >= 15 is 0 Å². The van der Waals surface area contributed by atoms with Crippen LogP contribution in [0.2, 0.25) is 0 Å². The highest BCUT2D eigenvalue weighted by Gasteiger charge is 2.35. The van der Waals surface area contributed by atoms with Gasteiger partial charge in [-0.1, -0.05) is 17.7 Å². The zero-order valence-corrected chi connectivity index (χ0v) is 21.6. The number of nitrogens with zero attached hydrogens (tertiary/aromatic N) is 2. The molecule has 0 unspecified atom stereocenters. The van der Waals surface area contributed by atoms with Gasteiger partial charge in [-0.05, 0) is 62.7 Å². The number of carbonyl (C=O) groups is 3. The molecule has 2 N–H and O–H groups in total. The SMILES string of the molecule is Cc1ccc(NC(=O)COc2ccc(N3C[C@@H](C(=O)NCCCN4CCOCC4)CC3=O)cc2)c(C)c1. The van der Waals surface area contributed by atoms with Gasteiger partial charge in [-0.2, -0.15) is 0 Å². The molecule has 2 heterocycles. The number of rotatable bonds is 10. The Bertz CT molecular complexity index is 1100. The summed E-state index contributed by atoms with van der Waals surface area (Å²) in [6.07, 6.45) is 1.08. The molecule has 0 saturated carbocycles. The van der Waals surface area contributed by atoms with E-state index in [1.54, 1.807) is 29.2 Å². The fourth-order valence-corrected chi connectivity index (χ4v) is 4.63. The van der Waals surface area contributed by atoms with Crippen LogP contribution < -0.4 is 20.3 Å². The van der Waals surface area contributed by atoms with Crippen molar-refractivity contribution < 1.29 is 23.9 Å². The molecule has 0 spiro atoms. The third kappa shape index (κ3) is 7.53.